The molecule has 0 aromatic carbocycles. The molecular weight excluding hydrogens is 130 g/mol. The molecule has 0 fully saturated rings. The van der Waals surface area contributed by atoms with Gasteiger partial charge in [-0.05, 0) is 0 Å². The minimum atomic E-state index is -2.72. The van der Waals surface area contributed by atoms with E-state index in [2.05, 4.69) is 5.10 Å². The van der Waals surface area contributed by atoms with E-state index in [1.807, 2.05) is 0 Å². The summed E-state index contributed by atoms with van der Waals surface area (Å²) >= 11 is 0. The molecule has 0 unspecified atom stereocenters. The van der Waals surface area contributed by atoms with Crippen LogP contribution in [0.4, 0.5) is 8.78 Å². The second-order valence-electron chi connectivity index (χ2n) is 1.43. The van der Waals surface area contributed by atoms with Gasteiger partial charge in [0, 0.05) is 0 Å². The molecule has 0 saturated heterocycles. The highest BCUT2D eigenvalue weighted by Gasteiger charge is 2.06. The third kappa shape index (κ3) is 1.16. The van der Waals surface area contributed by atoms with Crippen molar-refractivity contribution in [2.75, 3.05) is 0 Å². The van der Waals surface area contributed by atoms with Crippen molar-refractivity contribution in [1.29, 1.82) is 0 Å². The maximum absolute atomic E-state index is 11.5. The van der Waals surface area contributed by atoms with Crippen molar-refractivity contribution >= 4 is 0 Å². The van der Waals surface area contributed by atoms with Crippen molar-refractivity contribution in [3.8, 4) is 5.75 Å². The third-order valence-corrected chi connectivity index (χ3v) is 0.778. The number of hydrogen-bond donors (Lipinski definition) is 0. The van der Waals surface area contributed by atoms with Gasteiger partial charge in [-0.2, -0.15) is 13.9 Å². The average molecular weight is 133 g/mol. The fourth-order valence-corrected chi connectivity index (χ4v) is 0.427. The standard InChI is InChI=1S/C4H3F2N2O/c5-4(6)8-2-3(9)1-7-8/h1-2,4H. The molecule has 1 radical (unpaired) electrons. The summed E-state index contributed by atoms with van der Waals surface area (Å²) in [4.78, 5) is 0. The fraction of sp³-hybridized carbons (Fsp3) is 0.250. The summed E-state index contributed by atoms with van der Waals surface area (Å²) in [7, 11) is 0. The molecule has 3 nitrogen and oxygen atoms in total. The monoisotopic (exact) mass is 133 g/mol. The molecule has 1 aromatic rings. The Morgan fingerprint density at radius 3 is 2.56 bits per heavy atom. The first-order valence-electron chi connectivity index (χ1n) is 2.19. The van der Waals surface area contributed by atoms with Crippen LogP contribution in [-0.2, 0) is 5.11 Å². The van der Waals surface area contributed by atoms with Gasteiger partial charge in [0.2, 0.25) is 5.75 Å². The minimum absolute atomic E-state index is 0.308. The lowest BCUT2D eigenvalue weighted by Gasteiger charge is -1.93. The molecule has 5 heteroatoms. The van der Waals surface area contributed by atoms with Gasteiger partial charge in [0.05, 0.1) is 12.4 Å². The molecule has 0 spiro atoms. The van der Waals surface area contributed by atoms with E-state index in [4.69, 9.17) is 0 Å². The Kier molecular flexibility index (Phi) is 1.33. The fourth-order valence-electron chi connectivity index (χ4n) is 0.427. The van der Waals surface area contributed by atoms with E-state index in [0.717, 1.165) is 12.4 Å². The highest BCUT2D eigenvalue weighted by Crippen LogP contribution is 2.12. The van der Waals surface area contributed by atoms with Crippen LogP contribution in [0.25, 0.3) is 0 Å². The van der Waals surface area contributed by atoms with Crippen molar-refractivity contribution in [3.05, 3.63) is 12.4 Å². The summed E-state index contributed by atoms with van der Waals surface area (Å²) in [5, 5.41) is 13.2. The molecule has 0 aliphatic heterocycles. The Bertz CT molecular complexity index is 198. The Balaban J connectivity index is 2.85. The topological polar surface area (TPSA) is 37.7 Å². The van der Waals surface area contributed by atoms with Gasteiger partial charge >= 0.3 is 6.55 Å². The normalized spacial score (nSPS) is 10.6. The minimum Gasteiger partial charge on any atom is -0.286 e. The summed E-state index contributed by atoms with van der Waals surface area (Å²) < 4.78 is 23.4. The van der Waals surface area contributed by atoms with Crippen molar-refractivity contribution in [3.63, 3.8) is 0 Å². The Morgan fingerprint density at radius 2 is 2.33 bits per heavy atom. The van der Waals surface area contributed by atoms with Crippen LogP contribution >= 0.6 is 0 Å². The van der Waals surface area contributed by atoms with Gasteiger partial charge < -0.3 is 0 Å². The van der Waals surface area contributed by atoms with E-state index in [1.165, 1.54) is 0 Å². The molecule has 0 bridgehead atoms. The first-order valence-corrected chi connectivity index (χ1v) is 2.19. The lowest BCUT2D eigenvalue weighted by Crippen LogP contribution is -1.96. The van der Waals surface area contributed by atoms with Crippen LogP contribution in [0.5, 0.6) is 5.75 Å². The zero-order chi connectivity index (χ0) is 6.85. The molecule has 0 N–H and O–H groups in total. The summed E-state index contributed by atoms with van der Waals surface area (Å²) in [5.74, 6) is -0.504. The predicted molar refractivity (Wildman–Crippen MR) is 23.6 cm³/mol. The predicted octanol–water partition coefficient (Wildman–Crippen LogP) is 1.42. The molecular formula is C4H3F2N2O. The SMILES string of the molecule is [O]c1cnn(C(F)F)c1. The van der Waals surface area contributed by atoms with Crippen LogP contribution in [0.15, 0.2) is 12.4 Å². The molecule has 0 amide bonds. The first kappa shape index (κ1) is 6.00. The molecule has 9 heavy (non-hydrogen) atoms. The second-order valence-corrected chi connectivity index (χ2v) is 1.43. The number of hydrogen-bond acceptors (Lipinski definition) is 1. The first-order chi connectivity index (χ1) is 4.20. The maximum atomic E-state index is 11.5. The molecule has 0 atom stereocenters. The highest BCUT2D eigenvalue weighted by atomic mass is 19.3. The number of alkyl halides is 2. The molecule has 49 valence electrons. The van der Waals surface area contributed by atoms with Crippen LogP contribution in [0, 0.1) is 0 Å². The molecule has 1 aromatic heterocycles. The summed E-state index contributed by atoms with van der Waals surface area (Å²) in [6.07, 6.45) is 1.58. The van der Waals surface area contributed by atoms with Crippen LogP contribution in [0.1, 0.15) is 6.55 Å². The molecule has 1 heterocycles. The third-order valence-electron chi connectivity index (χ3n) is 0.778. The van der Waals surface area contributed by atoms with Gasteiger partial charge in [-0.15, -0.1) is 0 Å². The summed E-state index contributed by atoms with van der Waals surface area (Å²) in [6.45, 7) is -2.72. The van der Waals surface area contributed by atoms with Crippen molar-refractivity contribution in [2.45, 2.75) is 6.55 Å². The lowest BCUT2D eigenvalue weighted by molar-refractivity contribution is 0.0562. The summed E-state index contributed by atoms with van der Waals surface area (Å²) in [6, 6.07) is 0. The Labute approximate surface area is 49.5 Å². The number of rotatable bonds is 1. The van der Waals surface area contributed by atoms with Gasteiger partial charge in [0.15, 0.2) is 0 Å². The van der Waals surface area contributed by atoms with Crippen molar-refractivity contribution < 1.29 is 13.9 Å². The van der Waals surface area contributed by atoms with Gasteiger partial charge in [-0.1, -0.05) is 0 Å². The van der Waals surface area contributed by atoms with E-state index in [9.17, 15) is 13.9 Å². The molecule has 0 aliphatic rings. The summed E-state index contributed by atoms with van der Waals surface area (Å²) in [5.41, 5.74) is 0. The Morgan fingerprint density at radius 1 is 1.67 bits per heavy atom. The Hall–Kier alpha value is -1.13. The van der Waals surface area contributed by atoms with E-state index in [-0.39, 0.29) is 0 Å². The number of halogens is 2. The zero-order valence-corrected chi connectivity index (χ0v) is 4.29. The van der Waals surface area contributed by atoms with E-state index in [1.54, 1.807) is 0 Å². The van der Waals surface area contributed by atoms with Gasteiger partial charge in [0.25, 0.3) is 0 Å². The second kappa shape index (κ2) is 2.00. The largest absolute Gasteiger partial charge is 0.333 e. The number of aromatic nitrogens is 2. The average Bonchev–Trinajstić information content (AvgIpc) is 2.14. The van der Waals surface area contributed by atoms with Crippen molar-refractivity contribution in [1.82, 2.24) is 9.78 Å². The van der Waals surface area contributed by atoms with E-state index in [0.29, 0.717) is 4.68 Å². The zero-order valence-electron chi connectivity index (χ0n) is 4.29. The van der Waals surface area contributed by atoms with Crippen LogP contribution < -0.4 is 0 Å². The van der Waals surface area contributed by atoms with Crippen LogP contribution in [0.3, 0.4) is 0 Å². The van der Waals surface area contributed by atoms with Crippen LogP contribution in [0.2, 0.25) is 0 Å². The maximum Gasteiger partial charge on any atom is 0.333 e. The highest BCUT2D eigenvalue weighted by molar-refractivity contribution is 5.07. The molecule has 1 rings (SSSR count). The van der Waals surface area contributed by atoms with Crippen molar-refractivity contribution in [2.24, 2.45) is 0 Å². The van der Waals surface area contributed by atoms with E-state index >= 15 is 0 Å². The van der Waals surface area contributed by atoms with Crippen LogP contribution in [-0.4, -0.2) is 9.78 Å². The van der Waals surface area contributed by atoms with Gasteiger partial charge in [-0.25, -0.2) is 4.68 Å². The quantitative estimate of drug-likeness (QED) is 0.570. The smallest absolute Gasteiger partial charge is 0.286 e. The number of nitrogens with zero attached hydrogens (tertiary/aromatic N) is 2. The van der Waals surface area contributed by atoms with Gasteiger partial charge in [0.1, 0.15) is 0 Å². The lowest BCUT2D eigenvalue weighted by atomic mass is 10.7. The van der Waals surface area contributed by atoms with E-state index < -0.39 is 12.3 Å². The molecule has 0 saturated carbocycles. The van der Waals surface area contributed by atoms with Gasteiger partial charge in [-0.3, -0.25) is 5.11 Å². The molecule has 0 aliphatic carbocycles.